The first kappa shape index (κ1) is 23.7. The minimum Gasteiger partial charge on any atom is -0.274 e. The Bertz CT molecular complexity index is 1280. The summed E-state index contributed by atoms with van der Waals surface area (Å²) in [5.41, 5.74) is 0. The summed E-state index contributed by atoms with van der Waals surface area (Å²) in [6.07, 6.45) is 13.9. The lowest BCUT2D eigenvalue weighted by molar-refractivity contribution is -0.123. The van der Waals surface area contributed by atoms with Crippen LogP contribution in [0.1, 0.15) is 38.5 Å². The third-order valence-corrected chi connectivity index (χ3v) is 8.59. The molecule has 7 rings (SSSR count). The van der Waals surface area contributed by atoms with Crippen LogP contribution < -0.4 is 14.7 Å². The smallest absolute Gasteiger partial charge is 0.245 e. The number of amides is 6. The van der Waals surface area contributed by atoms with Crippen molar-refractivity contribution < 1.29 is 28.8 Å². The highest BCUT2D eigenvalue weighted by Crippen LogP contribution is 2.41. The molecular weight excluding hydrogens is 504 g/mol. The van der Waals surface area contributed by atoms with Crippen LogP contribution in [0.4, 0.5) is 17.8 Å². The molecule has 0 N–H and O–H groups in total. The second kappa shape index (κ2) is 8.58. The second-order valence-electron chi connectivity index (χ2n) is 10.7. The summed E-state index contributed by atoms with van der Waals surface area (Å²) in [7, 11) is 0. The summed E-state index contributed by atoms with van der Waals surface area (Å²) in [6.45, 7) is 0. The van der Waals surface area contributed by atoms with Crippen molar-refractivity contribution in [1.82, 2.24) is 15.0 Å². The summed E-state index contributed by atoms with van der Waals surface area (Å²) in [6, 6.07) is 0. The normalized spacial score (nSPS) is 33.4. The van der Waals surface area contributed by atoms with E-state index in [0.717, 1.165) is 14.7 Å². The molecule has 39 heavy (non-hydrogen) atoms. The fourth-order valence-electron chi connectivity index (χ4n) is 6.60. The molecule has 3 aliphatic carbocycles. The predicted octanol–water partition coefficient (Wildman–Crippen LogP) is 1.24. The van der Waals surface area contributed by atoms with Crippen LogP contribution in [0.25, 0.3) is 0 Å². The van der Waals surface area contributed by atoms with Crippen molar-refractivity contribution in [2.45, 2.75) is 38.5 Å². The van der Waals surface area contributed by atoms with E-state index in [1.54, 1.807) is 18.2 Å². The van der Waals surface area contributed by atoms with E-state index >= 15 is 0 Å². The van der Waals surface area contributed by atoms with E-state index in [0.29, 0.717) is 38.5 Å². The first-order valence-electron chi connectivity index (χ1n) is 13.3. The fraction of sp³-hybridized carbons (Fsp3) is 0.444. The van der Waals surface area contributed by atoms with Gasteiger partial charge in [0.25, 0.3) is 0 Å². The van der Waals surface area contributed by atoms with Crippen LogP contribution in [0.15, 0.2) is 36.5 Å². The van der Waals surface area contributed by atoms with Crippen molar-refractivity contribution in [1.29, 1.82) is 0 Å². The number of fused-ring (bicyclic) bond motifs is 3. The molecule has 6 aliphatic rings. The fourth-order valence-corrected chi connectivity index (χ4v) is 6.60. The molecule has 6 unspecified atom stereocenters. The minimum atomic E-state index is -0.680. The molecule has 6 atom stereocenters. The van der Waals surface area contributed by atoms with Crippen LogP contribution in [0.3, 0.4) is 0 Å². The van der Waals surface area contributed by atoms with E-state index in [-0.39, 0.29) is 0 Å². The van der Waals surface area contributed by atoms with Crippen LogP contribution in [-0.2, 0) is 28.8 Å². The Morgan fingerprint density at radius 1 is 0.462 bits per heavy atom. The average Bonchev–Trinajstić information content (AvgIpc) is 3.48. The number of hydrogen-bond acceptors (Lipinski definition) is 9. The van der Waals surface area contributed by atoms with Gasteiger partial charge < -0.3 is 0 Å². The SMILES string of the molecule is O=C1C2C=CCCC2C(=O)N1c1nc(N2C(=O)C3C=CCCC3C2=O)nc(N2C(=O)C3C=CCCC3C2=O)n1. The lowest BCUT2D eigenvalue weighted by atomic mass is 9.86. The molecule has 0 bridgehead atoms. The highest BCUT2D eigenvalue weighted by Gasteiger charge is 2.53. The van der Waals surface area contributed by atoms with Crippen molar-refractivity contribution in [3.63, 3.8) is 0 Å². The Morgan fingerprint density at radius 3 is 1.00 bits per heavy atom. The van der Waals surface area contributed by atoms with Gasteiger partial charge in [-0.15, -0.1) is 0 Å². The highest BCUT2D eigenvalue weighted by molar-refractivity contribution is 6.25. The van der Waals surface area contributed by atoms with E-state index in [2.05, 4.69) is 15.0 Å². The molecule has 1 aromatic rings. The van der Waals surface area contributed by atoms with Gasteiger partial charge >= 0.3 is 0 Å². The number of hydrogen-bond donors (Lipinski definition) is 0. The van der Waals surface area contributed by atoms with E-state index in [4.69, 9.17) is 0 Å². The highest BCUT2D eigenvalue weighted by atomic mass is 16.2. The number of imide groups is 3. The minimum absolute atomic E-state index is 0.412. The Balaban J connectivity index is 1.36. The van der Waals surface area contributed by atoms with Crippen molar-refractivity contribution in [2.75, 3.05) is 14.7 Å². The van der Waals surface area contributed by atoms with E-state index < -0.39 is 88.8 Å². The zero-order valence-corrected chi connectivity index (χ0v) is 20.8. The van der Waals surface area contributed by atoms with Gasteiger partial charge in [-0.1, -0.05) is 36.5 Å². The van der Waals surface area contributed by atoms with Gasteiger partial charge in [0.2, 0.25) is 53.3 Å². The van der Waals surface area contributed by atoms with Crippen molar-refractivity contribution in [3.05, 3.63) is 36.5 Å². The number of allylic oxidation sites excluding steroid dienone is 3. The van der Waals surface area contributed by atoms with Gasteiger partial charge in [0.05, 0.1) is 35.5 Å². The van der Waals surface area contributed by atoms with Crippen molar-refractivity contribution >= 4 is 53.3 Å². The van der Waals surface area contributed by atoms with Crippen LogP contribution >= 0.6 is 0 Å². The van der Waals surface area contributed by atoms with Gasteiger partial charge in [-0.2, -0.15) is 15.0 Å². The number of rotatable bonds is 3. The van der Waals surface area contributed by atoms with Gasteiger partial charge in [-0.3, -0.25) is 28.8 Å². The molecule has 0 spiro atoms. The number of nitrogens with zero attached hydrogens (tertiary/aromatic N) is 6. The maximum Gasteiger partial charge on any atom is 0.245 e. The zero-order valence-electron chi connectivity index (χ0n) is 20.8. The third kappa shape index (κ3) is 3.33. The summed E-state index contributed by atoms with van der Waals surface area (Å²) < 4.78 is 0. The number of anilines is 3. The van der Waals surface area contributed by atoms with Gasteiger partial charge in [-0.05, 0) is 38.5 Å². The van der Waals surface area contributed by atoms with Crippen LogP contribution in [-0.4, -0.2) is 50.4 Å². The first-order chi connectivity index (χ1) is 18.9. The van der Waals surface area contributed by atoms with Crippen LogP contribution in [0.5, 0.6) is 0 Å². The maximum atomic E-state index is 13.3. The molecule has 12 nitrogen and oxygen atoms in total. The first-order valence-corrected chi connectivity index (χ1v) is 13.3. The van der Waals surface area contributed by atoms with Gasteiger partial charge in [0.1, 0.15) is 0 Å². The number of aromatic nitrogens is 3. The molecule has 0 saturated carbocycles. The van der Waals surface area contributed by atoms with Crippen molar-refractivity contribution in [2.24, 2.45) is 35.5 Å². The molecule has 12 heteroatoms. The molecule has 4 heterocycles. The quantitative estimate of drug-likeness (QED) is 0.417. The molecule has 3 aliphatic heterocycles. The Morgan fingerprint density at radius 2 is 0.744 bits per heavy atom. The summed E-state index contributed by atoms with van der Waals surface area (Å²) >= 11 is 0. The molecular formula is C27H24N6O6. The van der Waals surface area contributed by atoms with Crippen LogP contribution in [0, 0.1) is 35.5 Å². The van der Waals surface area contributed by atoms with Crippen LogP contribution in [0.2, 0.25) is 0 Å². The Labute approximate surface area is 222 Å². The van der Waals surface area contributed by atoms with E-state index in [1.165, 1.54) is 0 Å². The predicted molar refractivity (Wildman–Crippen MR) is 133 cm³/mol. The number of carbonyl (C=O) groups is 6. The maximum absolute atomic E-state index is 13.3. The topological polar surface area (TPSA) is 151 Å². The van der Waals surface area contributed by atoms with Crippen molar-refractivity contribution in [3.8, 4) is 0 Å². The second-order valence-corrected chi connectivity index (χ2v) is 10.7. The van der Waals surface area contributed by atoms with E-state index in [9.17, 15) is 28.8 Å². The average molecular weight is 529 g/mol. The summed E-state index contributed by atoms with van der Waals surface area (Å²) in [5.74, 6) is -8.20. The summed E-state index contributed by atoms with van der Waals surface area (Å²) in [5, 5.41) is 0. The van der Waals surface area contributed by atoms with E-state index in [1.807, 2.05) is 18.2 Å². The standard InChI is InChI=1S/C27H24N6O6/c34-19-13-7-1-2-8-14(13)20(35)31(19)25-28-26(32-21(36)15-9-3-4-10-16(15)22(32)37)30-27(29-25)33-23(38)17-11-5-6-12-18(17)24(33)39/h1,3,5,7,9,11,13-18H,2,4,6,8,10,12H2. The molecule has 3 saturated heterocycles. The Kier molecular flexibility index (Phi) is 5.23. The largest absolute Gasteiger partial charge is 0.274 e. The molecule has 3 fully saturated rings. The molecule has 1 aromatic heterocycles. The van der Waals surface area contributed by atoms with Gasteiger partial charge in [-0.25, -0.2) is 14.7 Å². The lowest BCUT2D eigenvalue weighted by Crippen LogP contribution is -2.38. The zero-order chi connectivity index (χ0) is 27.0. The molecule has 6 amide bonds. The third-order valence-electron chi connectivity index (χ3n) is 8.59. The summed E-state index contributed by atoms with van der Waals surface area (Å²) in [4.78, 5) is 95.3. The molecule has 0 radical (unpaired) electrons. The lowest BCUT2D eigenvalue weighted by Gasteiger charge is -2.20. The van der Waals surface area contributed by atoms with Gasteiger partial charge in [0, 0.05) is 0 Å². The van der Waals surface area contributed by atoms with Gasteiger partial charge in [0.15, 0.2) is 0 Å². The number of carbonyl (C=O) groups excluding carboxylic acids is 6. The Hall–Kier alpha value is -4.35. The molecule has 198 valence electrons. The molecule has 0 aromatic carbocycles. The monoisotopic (exact) mass is 528 g/mol.